The van der Waals surface area contributed by atoms with Crippen LogP contribution in [0.25, 0.3) is 0 Å². The van der Waals surface area contributed by atoms with Crippen LogP contribution in [-0.4, -0.2) is 22.0 Å². The van der Waals surface area contributed by atoms with Crippen molar-refractivity contribution in [2.24, 2.45) is 0 Å². The normalized spacial score (nSPS) is 10.3. The number of carbonyl (C=O) groups is 2. The maximum atomic E-state index is 12.2. The Balaban J connectivity index is 1.67. The lowest BCUT2D eigenvalue weighted by molar-refractivity contribution is 0.102. The van der Waals surface area contributed by atoms with Gasteiger partial charge >= 0.3 is 0 Å². The summed E-state index contributed by atoms with van der Waals surface area (Å²) >= 11 is 13.0. The zero-order chi connectivity index (χ0) is 17.8. The molecule has 9 heteroatoms. The number of hydrogen-bond acceptors (Lipinski definition) is 5. The first kappa shape index (κ1) is 17.3. The number of nitrogens with zero attached hydrogens (tertiary/aromatic N) is 2. The van der Waals surface area contributed by atoms with E-state index in [0.29, 0.717) is 32.0 Å². The summed E-state index contributed by atoms with van der Waals surface area (Å²) < 4.78 is 0. The highest BCUT2D eigenvalue weighted by Crippen LogP contribution is 2.20. The SMILES string of the molecule is O=C(Nc1ccc(C(=O)Nc2nncs2)cc1)c1cc(Cl)cc(Cl)c1. The Kier molecular flexibility index (Phi) is 5.28. The molecule has 0 atom stereocenters. The topological polar surface area (TPSA) is 84.0 Å². The quantitative estimate of drug-likeness (QED) is 0.690. The molecule has 126 valence electrons. The molecule has 0 saturated heterocycles. The zero-order valence-electron chi connectivity index (χ0n) is 12.5. The van der Waals surface area contributed by atoms with E-state index in [1.807, 2.05) is 0 Å². The van der Waals surface area contributed by atoms with Crippen molar-refractivity contribution in [2.45, 2.75) is 0 Å². The molecular formula is C16H10Cl2N4O2S. The van der Waals surface area contributed by atoms with Crippen LogP contribution in [-0.2, 0) is 0 Å². The van der Waals surface area contributed by atoms with E-state index in [1.54, 1.807) is 30.3 Å². The molecule has 0 saturated carbocycles. The van der Waals surface area contributed by atoms with Crippen LogP contribution < -0.4 is 10.6 Å². The summed E-state index contributed by atoms with van der Waals surface area (Å²) in [6.07, 6.45) is 0. The molecule has 0 fully saturated rings. The molecule has 0 radical (unpaired) electrons. The minimum atomic E-state index is -0.351. The molecule has 2 N–H and O–H groups in total. The van der Waals surface area contributed by atoms with Crippen LogP contribution in [0.5, 0.6) is 0 Å². The van der Waals surface area contributed by atoms with Gasteiger partial charge in [0.15, 0.2) is 0 Å². The van der Waals surface area contributed by atoms with Crippen LogP contribution in [0.3, 0.4) is 0 Å². The third kappa shape index (κ3) is 4.54. The summed E-state index contributed by atoms with van der Waals surface area (Å²) in [5.41, 5.74) is 2.83. The van der Waals surface area contributed by atoms with Crippen molar-refractivity contribution in [2.75, 3.05) is 10.6 Å². The Bertz CT molecular complexity index is 894. The molecule has 0 aliphatic rings. The van der Waals surface area contributed by atoms with E-state index in [9.17, 15) is 9.59 Å². The van der Waals surface area contributed by atoms with Gasteiger partial charge in [0.25, 0.3) is 11.8 Å². The molecule has 0 bridgehead atoms. The highest BCUT2D eigenvalue weighted by molar-refractivity contribution is 7.13. The minimum Gasteiger partial charge on any atom is -0.322 e. The Morgan fingerprint density at radius 1 is 0.880 bits per heavy atom. The van der Waals surface area contributed by atoms with Crippen molar-refractivity contribution in [3.8, 4) is 0 Å². The zero-order valence-corrected chi connectivity index (χ0v) is 14.8. The Morgan fingerprint density at radius 2 is 1.52 bits per heavy atom. The minimum absolute atomic E-state index is 0.309. The Morgan fingerprint density at radius 3 is 2.12 bits per heavy atom. The second-order valence-corrected chi connectivity index (χ2v) is 6.59. The monoisotopic (exact) mass is 392 g/mol. The summed E-state index contributed by atoms with van der Waals surface area (Å²) in [4.78, 5) is 24.3. The molecule has 2 amide bonds. The van der Waals surface area contributed by atoms with Gasteiger partial charge in [-0.1, -0.05) is 34.5 Å². The van der Waals surface area contributed by atoms with Gasteiger partial charge in [-0.15, -0.1) is 10.2 Å². The number of anilines is 2. The molecule has 3 rings (SSSR count). The number of amides is 2. The average molecular weight is 393 g/mol. The first-order valence-electron chi connectivity index (χ1n) is 6.96. The lowest BCUT2D eigenvalue weighted by Gasteiger charge is -2.07. The number of benzene rings is 2. The first-order chi connectivity index (χ1) is 12.0. The van der Waals surface area contributed by atoms with Crippen LogP contribution in [0.15, 0.2) is 48.0 Å². The average Bonchev–Trinajstić information content (AvgIpc) is 3.07. The maximum absolute atomic E-state index is 12.2. The number of nitrogens with one attached hydrogen (secondary N) is 2. The van der Waals surface area contributed by atoms with Gasteiger partial charge in [-0.25, -0.2) is 0 Å². The van der Waals surface area contributed by atoms with Crippen molar-refractivity contribution in [3.63, 3.8) is 0 Å². The molecule has 3 aromatic rings. The van der Waals surface area contributed by atoms with Crippen LogP contribution >= 0.6 is 34.5 Å². The fourth-order valence-corrected chi connectivity index (χ4v) is 2.96. The van der Waals surface area contributed by atoms with E-state index in [0.717, 1.165) is 0 Å². The van der Waals surface area contributed by atoms with Crippen molar-refractivity contribution in [1.82, 2.24) is 10.2 Å². The molecule has 2 aromatic carbocycles. The highest BCUT2D eigenvalue weighted by atomic mass is 35.5. The Labute approximate surface area is 156 Å². The van der Waals surface area contributed by atoms with Crippen LogP contribution in [0.1, 0.15) is 20.7 Å². The third-order valence-corrected chi connectivity index (χ3v) is 4.15. The first-order valence-corrected chi connectivity index (χ1v) is 8.60. The van der Waals surface area contributed by atoms with E-state index in [2.05, 4.69) is 20.8 Å². The fraction of sp³-hybridized carbons (Fsp3) is 0. The van der Waals surface area contributed by atoms with Crippen LogP contribution in [0.4, 0.5) is 10.8 Å². The molecular weight excluding hydrogens is 383 g/mol. The number of aromatic nitrogens is 2. The summed E-state index contributed by atoms with van der Waals surface area (Å²) in [6, 6.07) is 11.0. The number of halogens is 2. The molecule has 1 aromatic heterocycles. The lowest BCUT2D eigenvalue weighted by Crippen LogP contribution is -2.13. The van der Waals surface area contributed by atoms with Crippen molar-refractivity contribution in [3.05, 3.63) is 69.1 Å². The molecule has 6 nitrogen and oxygen atoms in total. The predicted octanol–water partition coefficient (Wildman–Crippen LogP) is 4.35. The van der Waals surface area contributed by atoms with Gasteiger partial charge in [0, 0.05) is 26.9 Å². The summed E-state index contributed by atoms with van der Waals surface area (Å²) in [7, 11) is 0. The van der Waals surface area contributed by atoms with Gasteiger partial charge in [0.2, 0.25) is 5.13 Å². The van der Waals surface area contributed by atoms with Crippen LogP contribution in [0, 0.1) is 0 Å². The highest BCUT2D eigenvalue weighted by Gasteiger charge is 2.11. The summed E-state index contributed by atoms with van der Waals surface area (Å²) in [5.74, 6) is -0.660. The maximum Gasteiger partial charge on any atom is 0.257 e. The second kappa shape index (κ2) is 7.60. The van der Waals surface area contributed by atoms with Crippen molar-refractivity contribution in [1.29, 1.82) is 0 Å². The second-order valence-electron chi connectivity index (χ2n) is 4.89. The number of rotatable bonds is 4. The largest absolute Gasteiger partial charge is 0.322 e. The van der Waals surface area contributed by atoms with Crippen molar-refractivity contribution < 1.29 is 9.59 Å². The fourth-order valence-electron chi connectivity index (χ4n) is 1.99. The standard InChI is InChI=1S/C16H10Cl2N4O2S/c17-11-5-10(6-12(18)7-11)15(24)20-13-3-1-9(2-4-13)14(23)21-16-22-19-8-25-16/h1-8H,(H,20,24)(H,21,22,23). The number of hydrogen-bond donors (Lipinski definition) is 2. The molecule has 0 unspecified atom stereocenters. The predicted molar refractivity (Wildman–Crippen MR) is 98.7 cm³/mol. The summed E-state index contributed by atoms with van der Waals surface area (Å²) in [5, 5.41) is 13.9. The molecule has 25 heavy (non-hydrogen) atoms. The van der Waals surface area contributed by atoms with E-state index < -0.39 is 0 Å². The van der Waals surface area contributed by atoms with E-state index >= 15 is 0 Å². The lowest BCUT2D eigenvalue weighted by atomic mass is 10.1. The van der Waals surface area contributed by atoms with E-state index in [1.165, 1.54) is 29.0 Å². The smallest absolute Gasteiger partial charge is 0.257 e. The van der Waals surface area contributed by atoms with Crippen LogP contribution in [0.2, 0.25) is 10.0 Å². The van der Waals surface area contributed by atoms with Gasteiger partial charge in [-0.3, -0.25) is 14.9 Å². The third-order valence-electron chi connectivity index (χ3n) is 3.11. The Hall–Kier alpha value is -2.48. The molecule has 1 heterocycles. The summed E-state index contributed by atoms with van der Waals surface area (Å²) in [6.45, 7) is 0. The van der Waals surface area contributed by atoms with Gasteiger partial charge in [0.1, 0.15) is 5.51 Å². The molecule has 0 aliphatic heterocycles. The van der Waals surface area contributed by atoms with Gasteiger partial charge < -0.3 is 5.32 Å². The number of carbonyl (C=O) groups excluding carboxylic acids is 2. The van der Waals surface area contributed by atoms with Gasteiger partial charge in [-0.05, 0) is 42.5 Å². The van der Waals surface area contributed by atoms with E-state index in [4.69, 9.17) is 23.2 Å². The molecule has 0 spiro atoms. The van der Waals surface area contributed by atoms with Gasteiger partial charge in [0.05, 0.1) is 0 Å². The van der Waals surface area contributed by atoms with Gasteiger partial charge in [-0.2, -0.15) is 0 Å². The van der Waals surface area contributed by atoms with E-state index in [-0.39, 0.29) is 11.8 Å². The van der Waals surface area contributed by atoms with Crippen molar-refractivity contribution >= 4 is 57.2 Å². The molecule has 0 aliphatic carbocycles.